The number of nitrogens with one attached hydrogen (secondary N) is 2. The van der Waals surface area contributed by atoms with Gasteiger partial charge in [-0.3, -0.25) is 19.5 Å². The van der Waals surface area contributed by atoms with Crippen LogP contribution < -0.4 is 16.2 Å². The Morgan fingerprint density at radius 2 is 2.12 bits per heavy atom. The van der Waals surface area contributed by atoms with E-state index in [-0.39, 0.29) is 12.1 Å². The number of fused-ring (bicyclic) bond motifs is 1. The molecule has 7 nitrogen and oxygen atoms in total. The number of urea groups is 1. The highest BCUT2D eigenvalue weighted by Crippen LogP contribution is 2.22. The lowest BCUT2D eigenvalue weighted by Gasteiger charge is -2.15. The summed E-state index contributed by atoms with van der Waals surface area (Å²) in [5, 5.41) is 4.82. The monoisotopic (exact) mass is 346 g/mol. The molecule has 0 fully saturated rings. The Bertz CT molecular complexity index is 847. The number of carbonyl (C=O) groups is 2. The van der Waals surface area contributed by atoms with Crippen molar-refractivity contribution in [2.45, 2.75) is 23.9 Å². The van der Waals surface area contributed by atoms with Crippen molar-refractivity contribution in [3.8, 4) is 0 Å². The Balaban J connectivity index is 2.38. The first kappa shape index (κ1) is 17.7. The SMILES string of the molecule is C=CCn1c(S[C@@H](C)C(=O)NC(=O)NC)nc2ccccc2c1=O. The van der Waals surface area contributed by atoms with E-state index in [4.69, 9.17) is 0 Å². The van der Waals surface area contributed by atoms with Crippen molar-refractivity contribution >= 4 is 34.6 Å². The average Bonchev–Trinajstić information content (AvgIpc) is 2.58. The lowest BCUT2D eigenvalue weighted by atomic mass is 10.2. The summed E-state index contributed by atoms with van der Waals surface area (Å²) in [6, 6.07) is 6.44. The second kappa shape index (κ2) is 7.78. The predicted octanol–water partition coefficient (Wildman–Crippen LogP) is 1.52. The second-order valence-corrected chi connectivity index (χ2v) is 6.25. The highest BCUT2D eigenvalue weighted by atomic mass is 32.2. The van der Waals surface area contributed by atoms with Crippen LogP contribution in [0, 0.1) is 0 Å². The van der Waals surface area contributed by atoms with Crippen molar-refractivity contribution in [3.63, 3.8) is 0 Å². The van der Waals surface area contributed by atoms with Crippen LogP contribution in [0.15, 0.2) is 46.9 Å². The first-order chi connectivity index (χ1) is 11.5. The molecule has 1 atom stereocenters. The van der Waals surface area contributed by atoms with Gasteiger partial charge < -0.3 is 5.32 Å². The van der Waals surface area contributed by atoms with Gasteiger partial charge in [-0.2, -0.15) is 0 Å². The topological polar surface area (TPSA) is 93.1 Å². The summed E-state index contributed by atoms with van der Waals surface area (Å²) in [7, 11) is 1.42. The van der Waals surface area contributed by atoms with Gasteiger partial charge in [-0.1, -0.05) is 30.0 Å². The minimum atomic E-state index is -0.605. The fraction of sp³-hybridized carbons (Fsp3) is 0.250. The molecule has 0 bridgehead atoms. The van der Waals surface area contributed by atoms with E-state index >= 15 is 0 Å². The molecule has 126 valence electrons. The molecule has 2 rings (SSSR count). The molecule has 2 N–H and O–H groups in total. The van der Waals surface area contributed by atoms with Crippen LogP contribution in [0.5, 0.6) is 0 Å². The van der Waals surface area contributed by atoms with Crippen LogP contribution in [-0.2, 0) is 11.3 Å². The van der Waals surface area contributed by atoms with Crippen LogP contribution in [0.3, 0.4) is 0 Å². The van der Waals surface area contributed by atoms with Gasteiger partial charge in [0.05, 0.1) is 16.2 Å². The second-order valence-electron chi connectivity index (χ2n) is 4.94. The lowest BCUT2D eigenvalue weighted by Crippen LogP contribution is -2.41. The van der Waals surface area contributed by atoms with E-state index in [0.717, 1.165) is 11.8 Å². The molecule has 0 unspecified atom stereocenters. The van der Waals surface area contributed by atoms with Crippen LogP contribution in [-0.4, -0.2) is 33.8 Å². The number of benzene rings is 1. The Morgan fingerprint density at radius 1 is 1.42 bits per heavy atom. The zero-order valence-electron chi connectivity index (χ0n) is 13.4. The van der Waals surface area contributed by atoms with Crippen molar-refractivity contribution < 1.29 is 9.59 Å². The van der Waals surface area contributed by atoms with Gasteiger partial charge in [0.1, 0.15) is 0 Å². The zero-order chi connectivity index (χ0) is 17.7. The van der Waals surface area contributed by atoms with E-state index in [1.54, 1.807) is 37.3 Å². The first-order valence-corrected chi connectivity index (χ1v) is 8.15. The maximum atomic E-state index is 12.6. The van der Waals surface area contributed by atoms with E-state index in [1.807, 2.05) is 0 Å². The van der Waals surface area contributed by atoms with Crippen molar-refractivity contribution in [3.05, 3.63) is 47.3 Å². The Hall–Kier alpha value is -2.61. The van der Waals surface area contributed by atoms with E-state index in [0.29, 0.717) is 16.1 Å². The van der Waals surface area contributed by atoms with Crippen molar-refractivity contribution in [2.24, 2.45) is 0 Å². The smallest absolute Gasteiger partial charge is 0.321 e. The quantitative estimate of drug-likeness (QED) is 0.486. The van der Waals surface area contributed by atoms with Gasteiger partial charge in [0.25, 0.3) is 5.56 Å². The molecule has 24 heavy (non-hydrogen) atoms. The minimum absolute atomic E-state index is 0.193. The summed E-state index contributed by atoms with van der Waals surface area (Å²) < 4.78 is 1.46. The molecule has 0 saturated heterocycles. The number of carbonyl (C=O) groups excluding carboxylic acids is 2. The number of hydrogen-bond donors (Lipinski definition) is 2. The summed E-state index contributed by atoms with van der Waals surface area (Å²) >= 11 is 1.11. The average molecular weight is 346 g/mol. The Kier molecular flexibility index (Phi) is 5.75. The largest absolute Gasteiger partial charge is 0.341 e. The number of aromatic nitrogens is 2. The van der Waals surface area contributed by atoms with Crippen molar-refractivity contribution in [1.82, 2.24) is 20.2 Å². The molecule has 0 aliphatic heterocycles. The molecule has 1 aromatic heterocycles. The maximum Gasteiger partial charge on any atom is 0.321 e. The highest BCUT2D eigenvalue weighted by Gasteiger charge is 2.20. The third-order valence-electron chi connectivity index (χ3n) is 3.25. The van der Waals surface area contributed by atoms with Crippen LogP contribution in [0.25, 0.3) is 10.9 Å². The third-order valence-corrected chi connectivity index (χ3v) is 4.34. The summed E-state index contributed by atoms with van der Waals surface area (Å²) in [6.07, 6.45) is 1.59. The maximum absolute atomic E-state index is 12.6. The highest BCUT2D eigenvalue weighted by molar-refractivity contribution is 8.00. The molecular weight excluding hydrogens is 328 g/mol. The van der Waals surface area contributed by atoms with Gasteiger partial charge in [-0.25, -0.2) is 9.78 Å². The standard InChI is InChI=1S/C16H18N4O3S/c1-4-9-20-14(22)11-7-5-6-8-12(11)18-16(20)24-10(2)13(21)19-15(23)17-3/h4-8,10H,1,9H2,2-3H3,(H2,17,19,21,23)/t10-/m0/s1. The molecule has 0 saturated carbocycles. The van der Waals surface area contributed by atoms with E-state index in [9.17, 15) is 14.4 Å². The number of imide groups is 1. The third kappa shape index (κ3) is 3.83. The summed E-state index contributed by atoms with van der Waals surface area (Å²) in [4.78, 5) is 40.3. The molecule has 0 radical (unpaired) electrons. The summed E-state index contributed by atoms with van der Waals surface area (Å²) in [5.41, 5.74) is 0.367. The van der Waals surface area contributed by atoms with Gasteiger partial charge in [-0.05, 0) is 19.1 Å². The van der Waals surface area contributed by atoms with E-state index in [2.05, 4.69) is 22.2 Å². The number of para-hydroxylation sites is 1. The fourth-order valence-electron chi connectivity index (χ4n) is 2.02. The van der Waals surface area contributed by atoms with Crippen LogP contribution in [0.2, 0.25) is 0 Å². The molecule has 0 spiro atoms. The summed E-state index contributed by atoms with van der Waals surface area (Å²) in [6.45, 7) is 5.58. The number of rotatable bonds is 5. The van der Waals surface area contributed by atoms with E-state index in [1.165, 1.54) is 11.6 Å². The van der Waals surface area contributed by atoms with Gasteiger partial charge in [0, 0.05) is 13.6 Å². The molecule has 3 amide bonds. The van der Waals surface area contributed by atoms with Gasteiger partial charge in [0.15, 0.2) is 5.16 Å². The van der Waals surface area contributed by atoms with Crippen molar-refractivity contribution in [1.29, 1.82) is 0 Å². The van der Waals surface area contributed by atoms with Crippen molar-refractivity contribution in [2.75, 3.05) is 7.05 Å². The molecule has 0 aliphatic rings. The summed E-state index contributed by atoms with van der Waals surface area (Å²) in [5.74, 6) is -0.466. The van der Waals surface area contributed by atoms with Gasteiger partial charge in [0.2, 0.25) is 5.91 Å². The van der Waals surface area contributed by atoms with Crippen LogP contribution >= 0.6 is 11.8 Å². The first-order valence-electron chi connectivity index (χ1n) is 7.27. The predicted molar refractivity (Wildman–Crippen MR) is 94.1 cm³/mol. The molecule has 2 aromatic rings. The van der Waals surface area contributed by atoms with E-state index < -0.39 is 17.2 Å². The zero-order valence-corrected chi connectivity index (χ0v) is 14.2. The number of nitrogens with zero attached hydrogens (tertiary/aromatic N) is 2. The Labute approximate surface area is 143 Å². The van der Waals surface area contributed by atoms with Crippen LogP contribution in [0.1, 0.15) is 6.92 Å². The molecule has 0 aliphatic carbocycles. The van der Waals surface area contributed by atoms with Crippen LogP contribution in [0.4, 0.5) is 4.79 Å². The number of hydrogen-bond acceptors (Lipinski definition) is 5. The Morgan fingerprint density at radius 3 is 2.79 bits per heavy atom. The fourth-order valence-corrected chi connectivity index (χ4v) is 2.93. The van der Waals surface area contributed by atoms with Gasteiger partial charge >= 0.3 is 6.03 Å². The number of allylic oxidation sites excluding steroid dienone is 1. The number of amides is 3. The molecule has 1 heterocycles. The number of thioether (sulfide) groups is 1. The molecule has 1 aromatic carbocycles. The minimum Gasteiger partial charge on any atom is -0.341 e. The molecule has 8 heteroatoms. The van der Waals surface area contributed by atoms with Gasteiger partial charge in [-0.15, -0.1) is 6.58 Å². The molecular formula is C16H18N4O3S. The normalized spacial score (nSPS) is 11.8. The lowest BCUT2D eigenvalue weighted by molar-refractivity contribution is -0.119.